The summed E-state index contributed by atoms with van der Waals surface area (Å²) in [6, 6.07) is 0. The molecule has 1 N–H and O–H groups in total. The van der Waals surface area contributed by atoms with Crippen molar-refractivity contribution in [1.29, 1.82) is 0 Å². The molecule has 0 aromatic carbocycles. The smallest absolute Gasteiger partial charge is 0.379 e. The molecule has 0 spiro atoms. The van der Waals surface area contributed by atoms with Crippen LogP contribution in [0.5, 0.6) is 0 Å². The Balaban J connectivity index is 4.88. The average Bonchev–Trinajstić information content (AvgIpc) is 3.25. The first-order valence-corrected chi connectivity index (χ1v) is 25.0. The molecule has 76 heavy (non-hydrogen) atoms. The fourth-order valence-corrected chi connectivity index (χ4v) is 7.39. The van der Waals surface area contributed by atoms with Crippen LogP contribution in [0.15, 0.2) is 0 Å². The third-order valence-electron chi connectivity index (χ3n) is 11.5. The SMILES string of the molecule is C[N+](C)(C)CCOP(=O)(O)OC[C@@H](COCCCCCCCCCCCC(F)(F)C(F)(F)C(F)(F)C(F)(F)F)OCCCCCCCCCCCC(F)(F)C(F)(F)C(F)(F)C(F)(F)C(F)(F)C(F)(F)C(F)(F)C(F)(F)F. The summed E-state index contributed by atoms with van der Waals surface area (Å²) in [5.74, 6) is -75.7. The molecule has 0 heterocycles. The molecule has 1 unspecified atom stereocenters. The van der Waals surface area contributed by atoms with Gasteiger partial charge in [0.25, 0.3) is 0 Å². The number of hydrogen-bond donors (Lipinski definition) is 1. The minimum Gasteiger partial charge on any atom is -0.379 e. The monoisotopic (exact) mass is 1200 g/mol. The maximum atomic E-state index is 14.2. The second-order valence-corrected chi connectivity index (χ2v) is 20.5. The van der Waals surface area contributed by atoms with Gasteiger partial charge >= 0.3 is 79.4 Å². The van der Waals surface area contributed by atoms with Gasteiger partial charge in [0, 0.05) is 26.1 Å². The van der Waals surface area contributed by atoms with Crippen LogP contribution >= 0.6 is 7.82 Å². The highest BCUT2D eigenvalue weighted by molar-refractivity contribution is 7.47. The molecule has 0 radical (unpaired) electrons. The number of likely N-dealkylation sites (N-methyl/N-ethyl adjacent to an activating group) is 1. The van der Waals surface area contributed by atoms with Crippen LogP contribution < -0.4 is 0 Å². The molecule has 0 aromatic rings. The van der Waals surface area contributed by atoms with Gasteiger partial charge in [-0.05, 0) is 25.7 Å². The van der Waals surface area contributed by atoms with Gasteiger partial charge < -0.3 is 18.9 Å². The van der Waals surface area contributed by atoms with Gasteiger partial charge in [0.1, 0.15) is 19.3 Å². The van der Waals surface area contributed by atoms with Gasteiger partial charge in [-0.2, -0.15) is 114 Å². The summed E-state index contributed by atoms with van der Waals surface area (Å²) in [4.78, 5) is 10.1. The number of phosphoric acid groups is 1. The topological polar surface area (TPSA) is 74.2 Å². The van der Waals surface area contributed by atoms with E-state index >= 15 is 0 Å². The van der Waals surface area contributed by atoms with E-state index in [1.165, 1.54) is 0 Å². The molecule has 0 saturated heterocycles. The van der Waals surface area contributed by atoms with Gasteiger partial charge in [-0.25, -0.2) is 4.57 Å². The summed E-state index contributed by atoms with van der Waals surface area (Å²) in [7, 11) is 0.842. The Kier molecular flexibility index (Phi) is 28.0. The van der Waals surface area contributed by atoms with Crippen molar-refractivity contribution >= 4 is 7.82 Å². The summed E-state index contributed by atoms with van der Waals surface area (Å²) in [5.41, 5.74) is 0. The Hall–Kier alpha value is -1.83. The third kappa shape index (κ3) is 20.0. The summed E-state index contributed by atoms with van der Waals surface area (Å²) < 4.78 is 380. The fourth-order valence-electron chi connectivity index (χ4n) is 6.65. The zero-order valence-corrected chi connectivity index (χ0v) is 42.1. The van der Waals surface area contributed by atoms with Gasteiger partial charge in [-0.3, -0.25) is 9.05 Å². The molecule has 0 saturated carbocycles. The summed E-state index contributed by atoms with van der Waals surface area (Å²) in [6.07, 6.45) is -16.6. The number of phosphoric ester groups is 1. The first-order chi connectivity index (χ1) is 34.0. The number of unbranched alkanes of at least 4 members (excludes halogenated alkanes) is 16. The van der Waals surface area contributed by atoms with Crippen LogP contribution in [0, 0.1) is 0 Å². The van der Waals surface area contributed by atoms with E-state index in [0.717, 1.165) is 0 Å². The van der Waals surface area contributed by atoms with Crippen molar-refractivity contribution < 1.29 is 147 Å². The average molecular weight is 1200 g/mol. The van der Waals surface area contributed by atoms with Crippen molar-refractivity contribution in [1.82, 2.24) is 0 Å². The second-order valence-electron chi connectivity index (χ2n) is 19.0. The van der Waals surface area contributed by atoms with Crippen molar-refractivity contribution in [3.8, 4) is 0 Å². The van der Waals surface area contributed by atoms with E-state index in [4.69, 9.17) is 18.5 Å². The molecule has 458 valence electrons. The van der Waals surface area contributed by atoms with Crippen molar-refractivity contribution in [2.24, 2.45) is 0 Å². The van der Waals surface area contributed by atoms with E-state index < -0.39 is 124 Å². The predicted molar refractivity (Wildman–Crippen MR) is 219 cm³/mol. The molecule has 0 bridgehead atoms. The van der Waals surface area contributed by atoms with Crippen molar-refractivity contribution in [2.75, 3.05) is 60.7 Å². The van der Waals surface area contributed by atoms with E-state index in [1.807, 2.05) is 0 Å². The predicted octanol–water partition coefficient (Wildman–Crippen LogP) is 16.5. The van der Waals surface area contributed by atoms with Crippen LogP contribution in [0.3, 0.4) is 0 Å². The molecule has 0 rings (SSSR count). The summed E-state index contributed by atoms with van der Waals surface area (Å²) in [6.45, 7) is -0.157. The highest BCUT2D eigenvalue weighted by atomic mass is 31.2. The van der Waals surface area contributed by atoms with Crippen LogP contribution in [0.25, 0.3) is 0 Å². The van der Waals surface area contributed by atoms with Crippen molar-refractivity contribution in [2.45, 2.75) is 206 Å². The lowest BCUT2D eigenvalue weighted by molar-refractivity contribution is -0.870. The number of nitrogens with zero attached hydrogens (tertiary/aromatic N) is 1. The lowest BCUT2D eigenvalue weighted by atomic mass is 9.87. The Morgan fingerprint density at radius 2 is 0.658 bits per heavy atom. The lowest BCUT2D eigenvalue weighted by Crippen LogP contribution is -2.74. The van der Waals surface area contributed by atoms with Gasteiger partial charge in [0.15, 0.2) is 0 Å². The van der Waals surface area contributed by atoms with E-state index in [1.54, 1.807) is 21.1 Å². The molecule has 0 amide bonds. The normalized spacial score (nSPS) is 16.1. The molecule has 0 fully saturated rings. The Labute approximate surface area is 421 Å². The Bertz CT molecular complexity index is 1710. The minimum absolute atomic E-state index is 0.0578. The first-order valence-electron chi connectivity index (χ1n) is 23.5. The fraction of sp³-hybridized carbons (Fsp3) is 1.00. The Morgan fingerprint density at radius 1 is 0.368 bits per heavy atom. The standard InChI is InChI=1S/C42H62F26NO6P/c1-69(2,3)24-27-74-76(70,71)75-29-30(28-72-25-20-16-12-8-4-6-11-15-19-23-32(45,46)34(49,50)39(59,60)41(63,64)65)73-26-21-17-13-9-5-7-10-14-18-22-31(43,44)33(47,48)35(51,52)36(53,54)37(55,56)38(57,58)40(61,62)42(66,67)68/h30H,4-29H2,1-3H3/p+1/t30-/m1/s1. The molecular formula is C42H63F26NO6P+. The molecule has 0 aliphatic rings. The summed E-state index contributed by atoms with van der Waals surface area (Å²) in [5, 5.41) is 0. The third-order valence-corrected chi connectivity index (χ3v) is 12.5. The van der Waals surface area contributed by atoms with Gasteiger partial charge in [-0.1, -0.05) is 89.9 Å². The molecule has 0 aliphatic heterocycles. The number of quaternary nitrogens is 1. The number of halogens is 26. The quantitative estimate of drug-likeness (QED) is 0.0284. The van der Waals surface area contributed by atoms with Gasteiger partial charge in [-0.15, -0.1) is 0 Å². The molecular weight excluding hydrogens is 1140 g/mol. The van der Waals surface area contributed by atoms with Crippen molar-refractivity contribution in [3.05, 3.63) is 0 Å². The summed E-state index contributed by atoms with van der Waals surface area (Å²) >= 11 is 0. The van der Waals surface area contributed by atoms with Crippen LogP contribution in [0.1, 0.15) is 128 Å². The van der Waals surface area contributed by atoms with E-state index in [-0.39, 0.29) is 52.1 Å². The van der Waals surface area contributed by atoms with Crippen LogP contribution in [-0.2, 0) is 23.1 Å². The number of rotatable bonds is 42. The van der Waals surface area contributed by atoms with E-state index in [2.05, 4.69) is 0 Å². The van der Waals surface area contributed by atoms with Gasteiger partial charge in [0.2, 0.25) is 0 Å². The van der Waals surface area contributed by atoms with E-state index in [0.29, 0.717) is 81.7 Å². The zero-order valence-electron chi connectivity index (χ0n) is 41.2. The maximum Gasteiger partial charge on any atom is 0.472 e. The highest BCUT2D eigenvalue weighted by Crippen LogP contribution is 2.64. The second kappa shape index (κ2) is 28.7. The molecule has 2 atom stereocenters. The van der Waals surface area contributed by atoms with Crippen LogP contribution in [0.4, 0.5) is 114 Å². The number of ether oxygens (including phenoxy) is 2. The van der Waals surface area contributed by atoms with Crippen LogP contribution in [0.2, 0.25) is 0 Å². The lowest BCUT2D eigenvalue weighted by Gasteiger charge is -2.42. The van der Waals surface area contributed by atoms with Gasteiger partial charge in [0.05, 0.1) is 34.4 Å². The first kappa shape index (κ1) is 74.2. The highest BCUT2D eigenvalue weighted by Gasteiger charge is 2.95. The Morgan fingerprint density at radius 3 is 1.01 bits per heavy atom. The number of hydrogen-bond acceptors (Lipinski definition) is 5. The molecule has 0 aliphatic carbocycles. The largest absolute Gasteiger partial charge is 0.472 e. The zero-order chi connectivity index (χ0) is 59.8. The molecule has 34 heteroatoms. The molecule has 0 aromatic heterocycles. The number of alkyl halides is 26. The minimum atomic E-state index is -8.67. The van der Waals surface area contributed by atoms with Crippen LogP contribution in [-0.4, -0.2) is 148 Å². The molecule has 7 nitrogen and oxygen atoms in total. The van der Waals surface area contributed by atoms with Crippen molar-refractivity contribution in [3.63, 3.8) is 0 Å². The maximum absolute atomic E-state index is 14.2. The van der Waals surface area contributed by atoms with E-state index in [9.17, 15) is 124 Å².